The Kier molecular flexibility index (Phi) is 5.42. The number of benzene rings is 1. The Bertz CT molecular complexity index is 714. The van der Waals surface area contributed by atoms with Gasteiger partial charge in [-0.15, -0.1) is 0 Å². The summed E-state index contributed by atoms with van der Waals surface area (Å²) in [6.07, 6.45) is 6.09. The first-order valence-corrected chi connectivity index (χ1v) is 9.74. The van der Waals surface area contributed by atoms with Crippen molar-refractivity contribution in [2.75, 3.05) is 5.75 Å². The third-order valence-electron chi connectivity index (χ3n) is 5.15. The van der Waals surface area contributed by atoms with E-state index in [1.807, 2.05) is 11.8 Å². The van der Waals surface area contributed by atoms with Crippen LogP contribution in [-0.4, -0.2) is 32.7 Å². The van der Waals surface area contributed by atoms with Crippen LogP contribution in [0.3, 0.4) is 0 Å². The zero-order chi connectivity index (χ0) is 18.0. The number of rotatable bonds is 4. The summed E-state index contributed by atoms with van der Waals surface area (Å²) in [5.41, 5.74) is 1.49. The molecule has 1 heterocycles. The van der Waals surface area contributed by atoms with Crippen LogP contribution >= 0.6 is 11.8 Å². The molecule has 0 spiro atoms. The van der Waals surface area contributed by atoms with Gasteiger partial charge >= 0.3 is 0 Å². The maximum Gasteiger partial charge on any atom is 0.269 e. The fraction of sp³-hybridized carbons (Fsp3) is 0.556. The van der Waals surface area contributed by atoms with Gasteiger partial charge in [0, 0.05) is 18.2 Å². The van der Waals surface area contributed by atoms with Gasteiger partial charge in [0.25, 0.3) is 5.69 Å². The number of non-ortho nitro benzene ring substituents is 1. The minimum absolute atomic E-state index is 0.0593. The van der Waals surface area contributed by atoms with E-state index in [2.05, 4.69) is 11.9 Å². The van der Waals surface area contributed by atoms with Crippen LogP contribution in [-0.2, 0) is 4.79 Å². The Morgan fingerprint density at radius 3 is 2.68 bits per heavy atom. The van der Waals surface area contributed by atoms with E-state index in [9.17, 15) is 14.9 Å². The number of nitrogens with zero attached hydrogens (tertiary/aromatic N) is 3. The second kappa shape index (κ2) is 7.56. The van der Waals surface area contributed by atoms with Crippen LogP contribution in [0.4, 0.5) is 11.4 Å². The smallest absolute Gasteiger partial charge is 0.269 e. The fourth-order valence-electron chi connectivity index (χ4n) is 3.67. The van der Waals surface area contributed by atoms with Crippen molar-refractivity contribution in [2.24, 2.45) is 10.9 Å². The van der Waals surface area contributed by atoms with Crippen LogP contribution in [0, 0.1) is 23.0 Å². The molecule has 1 aliphatic heterocycles. The number of hydrogen-bond donors (Lipinski definition) is 0. The molecule has 0 unspecified atom stereocenters. The third kappa shape index (κ3) is 3.86. The number of nitro benzene ring substituents is 1. The number of aryl methyl sites for hydroxylation is 1. The Labute approximate surface area is 151 Å². The molecule has 6 nitrogen and oxygen atoms in total. The lowest BCUT2D eigenvalue weighted by molar-refractivity contribution is -0.384. The lowest BCUT2D eigenvalue weighted by Crippen LogP contribution is -2.42. The number of amides is 1. The average Bonchev–Trinajstić information content (AvgIpc) is 2.97. The molecular weight excluding hydrogens is 338 g/mol. The fourth-order valence-corrected chi connectivity index (χ4v) is 4.63. The molecule has 1 aromatic rings. The minimum atomic E-state index is -0.408. The maximum absolute atomic E-state index is 12.4. The number of aliphatic imine (C=N–C) groups is 1. The van der Waals surface area contributed by atoms with E-state index in [0.717, 1.165) is 10.7 Å². The molecule has 0 radical (unpaired) electrons. The summed E-state index contributed by atoms with van der Waals surface area (Å²) in [6.45, 7) is 3.93. The van der Waals surface area contributed by atoms with Gasteiger partial charge in [0.2, 0.25) is 5.91 Å². The van der Waals surface area contributed by atoms with Crippen LogP contribution in [0.2, 0.25) is 0 Å². The molecular formula is C18H23N3O3S. The van der Waals surface area contributed by atoms with Gasteiger partial charge in [-0.2, -0.15) is 0 Å². The van der Waals surface area contributed by atoms with Crippen molar-refractivity contribution in [3.05, 3.63) is 33.9 Å². The second-order valence-corrected chi connectivity index (χ2v) is 7.76. The van der Waals surface area contributed by atoms with Crippen molar-refractivity contribution >= 4 is 34.2 Å². The summed E-state index contributed by atoms with van der Waals surface area (Å²) in [7, 11) is 0. The first kappa shape index (κ1) is 17.9. The highest BCUT2D eigenvalue weighted by Crippen LogP contribution is 2.34. The summed E-state index contributed by atoms with van der Waals surface area (Å²) in [5, 5.41) is 11.6. The molecule has 25 heavy (non-hydrogen) atoms. The Morgan fingerprint density at radius 2 is 2.04 bits per heavy atom. The van der Waals surface area contributed by atoms with E-state index in [4.69, 9.17) is 0 Å². The topological polar surface area (TPSA) is 75.8 Å². The van der Waals surface area contributed by atoms with Gasteiger partial charge in [-0.25, -0.2) is 4.99 Å². The van der Waals surface area contributed by atoms with E-state index in [1.165, 1.54) is 56.0 Å². The number of carbonyl (C=O) groups excluding carboxylic acids is 1. The summed E-state index contributed by atoms with van der Waals surface area (Å²) in [6, 6.07) is 4.80. The van der Waals surface area contributed by atoms with Crippen LogP contribution in [0.25, 0.3) is 0 Å². The van der Waals surface area contributed by atoms with Crippen molar-refractivity contribution in [1.29, 1.82) is 0 Å². The molecule has 2 fully saturated rings. The van der Waals surface area contributed by atoms with Gasteiger partial charge in [0.1, 0.15) is 0 Å². The summed E-state index contributed by atoms with van der Waals surface area (Å²) < 4.78 is 0. The number of carbonyl (C=O) groups is 1. The SMILES string of the molecule is Cc1cc([N+](=O)[O-])ccc1/N=C1\SCC(=O)N1[C@@H](C)C1CCCCC1. The predicted octanol–water partition coefficient (Wildman–Crippen LogP) is 4.43. The highest BCUT2D eigenvalue weighted by atomic mass is 32.2. The Morgan fingerprint density at radius 1 is 1.32 bits per heavy atom. The van der Waals surface area contributed by atoms with Crippen molar-refractivity contribution in [3.8, 4) is 0 Å². The zero-order valence-corrected chi connectivity index (χ0v) is 15.4. The first-order chi connectivity index (χ1) is 12.0. The molecule has 2 aliphatic rings. The van der Waals surface area contributed by atoms with Crippen LogP contribution < -0.4 is 0 Å². The minimum Gasteiger partial charge on any atom is -0.287 e. The van der Waals surface area contributed by atoms with Crippen molar-refractivity contribution < 1.29 is 9.72 Å². The van der Waals surface area contributed by atoms with Gasteiger partial charge in [0.05, 0.1) is 16.4 Å². The molecule has 1 atom stereocenters. The lowest BCUT2D eigenvalue weighted by atomic mass is 9.84. The number of hydrogen-bond acceptors (Lipinski definition) is 5. The van der Waals surface area contributed by atoms with Gasteiger partial charge in [-0.05, 0) is 44.2 Å². The van der Waals surface area contributed by atoms with E-state index in [-0.39, 0.29) is 17.6 Å². The third-order valence-corrected chi connectivity index (χ3v) is 6.08. The monoisotopic (exact) mass is 361 g/mol. The quantitative estimate of drug-likeness (QED) is 0.587. The van der Waals surface area contributed by atoms with Crippen molar-refractivity contribution in [3.63, 3.8) is 0 Å². The molecule has 0 N–H and O–H groups in total. The van der Waals surface area contributed by atoms with Gasteiger partial charge in [-0.1, -0.05) is 31.0 Å². The molecule has 7 heteroatoms. The number of nitro groups is 1. The summed E-state index contributed by atoms with van der Waals surface area (Å²) in [5.74, 6) is 1.06. The molecule has 1 aromatic carbocycles. The first-order valence-electron chi connectivity index (χ1n) is 8.76. The molecule has 1 saturated heterocycles. The largest absolute Gasteiger partial charge is 0.287 e. The zero-order valence-electron chi connectivity index (χ0n) is 14.6. The second-order valence-electron chi connectivity index (χ2n) is 6.81. The summed E-state index contributed by atoms with van der Waals surface area (Å²) >= 11 is 1.46. The van der Waals surface area contributed by atoms with Crippen LogP contribution in [0.5, 0.6) is 0 Å². The number of amidine groups is 1. The van der Waals surface area contributed by atoms with E-state index < -0.39 is 4.92 Å². The Hall–Kier alpha value is -1.89. The summed E-state index contributed by atoms with van der Waals surface area (Å²) in [4.78, 5) is 29.4. The number of thioether (sulfide) groups is 1. The molecule has 0 bridgehead atoms. The molecule has 134 valence electrons. The van der Waals surface area contributed by atoms with Gasteiger partial charge < -0.3 is 0 Å². The molecule has 1 amide bonds. The van der Waals surface area contributed by atoms with E-state index >= 15 is 0 Å². The molecule has 0 aromatic heterocycles. The average molecular weight is 361 g/mol. The molecule has 3 rings (SSSR count). The molecule has 1 saturated carbocycles. The normalized spacial score (nSPS) is 21.8. The van der Waals surface area contributed by atoms with Crippen LogP contribution in [0.15, 0.2) is 23.2 Å². The highest BCUT2D eigenvalue weighted by molar-refractivity contribution is 8.15. The van der Waals surface area contributed by atoms with Gasteiger partial charge in [0.15, 0.2) is 5.17 Å². The standard InChI is InChI=1S/C18H23N3O3S/c1-12-10-15(21(23)24)8-9-16(12)19-18-20(17(22)11-25-18)13(2)14-6-4-3-5-7-14/h8-10,13-14H,3-7,11H2,1-2H3/b19-18-/t13-/m0/s1. The van der Waals surface area contributed by atoms with Gasteiger partial charge in [-0.3, -0.25) is 19.8 Å². The lowest BCUT2D eigenvalue weighted by Gasteiger charge is -2.33. The van der Waals surface area contributed by atoms with E-state index in [0.29, 0.717) is 17.4 Å². The maximum atomic E-state index is 12.4. The van der Waals surface area contributed by atoms with E-state index in [1.54, 1.807) is 6.07 Å². The van der Waals surface area contributed by atoms with Crippen molar-refractivity contribution in [1.82, 2.24) is 4.90 Å². The molecule has 1 aliphatic carbocycles. The highest BCUT2D eigenvalue weighted by Gasteiger charge is 2.36. The van der Waals surface area contributed by atoms with Crippen molar-refractivity contribution in [2.45, 2.75) is 52.0 Å². The Balaban J connectivity index is 1.85. The predicted molar refractivity (Wildman–Crippen MR) is 100 cm³/mol. The van der Waals surface area contributed by atoms with Crippen LogP contribution in [0.1, 0.15) is 44.6 Å².